The largest absolute Gasteiger partial charge is 0.393 e. The SMILES string of the molecule is CC(O)Cc1cc(F)c(F)c(-c2ccccc2)c1. The van der Waals surface area contributed by atoms with E-state index in [0.717, 1.165) is 6.07 Å². The van der Waals surface area contributed by atoms with Gasteiger partial charge in [0, 0.05) is 5.56 Å². The molecule has 94 valence electrons. The Labute approximate surface area is 105 Å². The van der Waals surface area contributed by atoms with Crippen molar-refractivity contribution >= 4 is 0 Å². The van der Waals surface area contributed by atoms with Gasteiger partial charge in [-0.2, -0.15) is 0 Å². The minimum Gasteiger partial charge on any atom is -0.393 e. The van der Waals surface area contributed by atoms with Gasteiger partial charge in [-0.3, -0.25) is 0 Å². The number of hydrogen-bond acceptors (Lipinski definition) is 1. The van der Waals surface area contributed by atoms with Crippen LogP contribution in [0.1, 0.15) is 12.5 Å². The Bertz CT molecular complexity index is 536. The van der Waals surface area contributed by atoms with Gasteiger partial charge in [-0.1, -0.05) is 30.3 Å². The third kappa shape index (κ3) is 2.74. The molecule has 0 fully saturated rings. The van der Waals surface area contributed by atoms with E-state index in [9.17, 15) is 13.9 Å². The van der Waals surface area contributed by atoms with Crippen LogP contribution in [-0.2, 0) is 6.42 Å². The van der Waals surface area contributed by atoms with Gasteiger partial charge in [0.2, 0.25) is 0 Å². The summed E-state index contributed by atoms with van der Waals surface area (Å²) in [5, 5.41) is 9.31. The van der Waals surface area contributed by atoms with Crippen molar-refractivity contribution in [1.82, 2.24) is 0 Å². The van der Waals surface area contributed by atoms with Crippen molar-refractivity contribution < 1.29 is 13.9 Å². The summed E-state index contributed by atoms with van der Waals surface area (Å²) in [4.78, 5) is 0. The molecule has 0 amide bonds. The Morgan fingerprint density at radius 2 is 1.78 bits per heavy atom. The molecular formula is C15H14F2O. The highest BCUT2D eigenvalue weighted by molar-refractivity contribution is 5.65. The van der Waals surface area contributed by atoms with Gasteiger partial charge in [-0.25, -0.2) is 8.78 Å². The quantitative estimate of drug-likeness (QED) is 0.880. The van der Waals surface area contributed by atoms with E-state index < -0.39 is 17.7 Å². The van der Waals surface area contributed by atoms with Crippen molar-refractivity contribution in [2.45, 2.75) is 19.4 Å². The maximum absolute atomic E-state index is 13.8. The molecule has 0 bridgehead atoms. The fourth-order valence-corrected chi connectivity index (χ4v) is 1.93. The molecule has 0 spiro atoms. The normalized spacial score (nSPS) is 12.4. The monoisotopic (exact) mass is 248 g/mol. The average molecular weight is 248 g/mol. The molecule has 0 heterocycles. The van der Waals surface area contributed by atoms with Crippen molar-refractivity contribution in [2.24, 2.45) is 0 Å². The first-order chi connectivity index (χ1) is 8.58. The third-order valence-electron chi connectivity index (χ3n) is 2.70. The summed E-state index contributed by atoms with van der Waals surface area (Å²) in [6.07, 6.45) is -0.282. The Hall–Kier alpha value is -1.74. The topological polar surface area (TPSA) is 20.2 Å². The second-order valence-corrected chi connectivity index (χ2v) is 4.36. The molecule has 0 saturated heterocycles. The molecule has 1 unspecified atom stereocenters. The van der Waals surface area contributed by atoms with E-state index in [2.05, 4.69) is 0 Å². The van der Waals surface area contributed by atoms with Crippen molar-refractivity contribution in [2.75, 3.05) is 0 Å². The van der Waals surface area contributed by atoms with Crippen LogP contribution in [0, 0.1) is 11.6 Å². The summed E-state index contributed by atoms with van der Waals surface area (Å²) in [6.45, 7) is 1.61. The molecule has 0 radical (unpaired) electrons. The van der Waals surface area contributed by atoms with E-state index in [-0.39, 0.29) is 5.56 Å². The Morgan fingerprint density at radius 3 is 2.39 bits per heavy atom. The summed E-state index contributed by atoms with van der Waals surface area (Å²) in [5.41, 5.74) is 1.44. The average Bonchev–Trinajstić information content (AvgIpc) is 2.34. The van der Waals surface area contributed by atoms with Gasteiger partial charge in [-0.05, 0) is 36.6 Å². The van der Waals surface area contributed by atoms with Crippen LogP contribution >= 0.6 is 0 Å². The van der Waals surface area contributed by atoms with Gasteiger partial charge in [0.05, 0.1) is 6.10 Å². The van der Waals surface area contributed by atoms with E-state index in [1.807, 2.05) is 6.07 Å². The number of aliphatic hydroxyl groups is 1. The van der Waals surface area contributed by atoms with Crippen molar-refractivity contribution in [3.05, 3.63) is 59.7 Å². The molecule has 1 atom stereocenters. The molecule has 1 nitrogen and oxygen atoms in total. The van der Waals surface area contributed by atoms with E-state index in [1.165, 1.54) is 0 Å². The maximum atomic E-state index is 13.8. The Kier molecular flexibility index (Phi) is 3.72. The lowest BCUT2D eigenvalue weighted by Gasteiger charge is -2.09. The molecule has 0 aliphatic rings. The van der Waals surface area contributed by atoms with Gasteiger partial charge in [0.1, 0.15) is 0 Å². The number of rotatable bonds is 3. The van der Waals surface area contributed by atoms with Gasteiger partial charge >= 0.3 is 0 Å². The number of aliphatic hydroxyl groups excluding tert-OH is 1. The summed E-state index contributed by atoms with van der Waals surface area (Å²) in [6, 6.07) is 11.5. The second-order valence-electron chi connectivity index (χ2n) is 4.36. The smallest absolute Gasteiger partial charge is 0.166 e. The predicted molar refractivity (Wildman–Crippen MR) is 67.2 cm³/mol. The van der Waals surface area contributed by atoms with Crippen LogP contribution in [0.25, 0.3) is 11.1 Å². The van der Waals surface area contributed by atoms with E-state index in [1.54, 1.807) is 37.3 Å². The highest BCUT2D eigenvalue weighted by Gasteiger charge is 2.13. The standard InChI is InChI=1S/C15H14F2O/c1-10(18)7-11-8-13(15(17)14(16)9-11)12-5-3-2-4-6-12/h2-6,8-10,18H,7H2,1H3. The molecule has 1 N–H and O–H groups in total. The van der Waals surface area contributed by atoms with Crippen LogP contribution < -0.4 is 0 Å². The Morgan fingerprint density at radius 1 is 1.11 bits per heavy atom. The maximum Gasteiger partial charge on any atom is 0.166 e. The zero-order chi connectivity index (χ0) is 13.1. The number of halogens is 2. The van der Waals surface area contributed by atoms with Crippen molar-refractivity contribution in [1.29, 1.82) is 0 Å². The predicted octanol–water partition coefficient (Wildman–Crippen LogP) is 3.56. The molecule has 18 heavy (non-hydrogen) atoms. The fourth-order valence-electron chi connectivity index (χ4n) is 1.93. The first kappa shape index (κ1) is 12.7. The minimum atomic E-state index is -0.882. The molecule has 0 aliphatic heterocycles. The van der Waals surface area contributed by atoms with Crippen LogP contribution in [0.15, 0.2) is 42.5 Å². The van der Waals surface area contributed by atoms with Crippen LogP contribution in [-0.4, -0.2) is 11.2 Å². The number of hydrogen-bond donors (Lipinski definition) is 1. The van der Waals surface area contributed by atoms with Crippen molar-refractivity contribution in [3.63, 3.8) is 0 Å². The molecule has 0 aliphatic carbocycles. The lowest BCUT2D eigenvalue weighted by molar-refractivity contribution is 0.195. The first-order valence-corrected chi connectivity index (χ1v) is 5.79. The highest BCUT2D eigenvalue weighted by Crippen LogP contribution is 2.26. The molecule has 2 aromatic carbocycles. The van der Waals surface area contributed by atoms with E-state index in [0.29, 0.717) is 17.5 Å². The van der Waals surface area contributed by atoms with Crippen LogP contribution in [0.5, 0.6) is 0 Å². The van der Waals surface area contributed by atoms with Gasteiger partial charge in [0.25, 0.3) is 0 Å². The summed E-state index contributed by atoms with van der Waals surface area (Å²) in [5.74, 6) is -1.73. The fraction of sp³-hybridized carbons (Fsp3) is 0.200. The molecule has 0 saturated carbocycles. The van der Waals surface area contributed by atoms with Crippen molar-refractivity contribution in [3.8, 4) is 11.1 Å². The van der Waals surface area contributed by atoms with Crippen LogP contribution in [0.2, 0.25) is 0 Å². The van der Waals surface area contributed by atoms with Gasteiger partial charge in [-0.15, -0.1) is 0 Å². The van der Waals surface area contributed by atoms with Gasteiger partial charge < -0.3 is 5.11 Å². The molecule has 2 aromatic rings. The van der Waals surface area contributed by atoms with E-state index >= 15 is 0 Å². The summed E-state index contributed by atoms with van der Waals surface area (Å²) >= 11 is 0. The summed E-state index contributed by atoms with van der Waals surface area (Å²) in [7, 11) is 0. The summed E-state index contributed by atoms with van der Waals surface area (Å²) < 4.78 is 27.3. The molecule has 3 heteroatoms. The number of benzene rings is 2. The third-order valence-corrected chi connectivity index (χ3v) is 2.70. The zero-order valence-corrected chi connectivity index (χ0v) is 10.0. The lowest BCUT2D eigenvalue weighted by atomic mass is 9.99. The molecule has 2 rings (SSSR count). The first-order valence-electron chi connectivity index (χ1n) is 5.79. The highest BCUT2D eigenvalue weighted by atomic mass is 19.2. The lowest BCUT2D eigenvalue weighted by Crippen LogP contribution is -2.05. The van der Waals surface area contributed by atoms with Crippen LogP contribution in [0.4, 0.5) is 8.78 Å². The minimum absolute atomic E-state index is 0.228. The zero-order valence-electron chi connectivity index (χ0n) is 10.0. The Balaban J connectivity index is 2.49. The van der Waals surface area contributed by atoms with Crippen LogP contribution in [0.3, 0.4) is 0 Å². The second kappa shape index (κ2) is 5.27. The van der Waals surface area contributed by atoms with E-state index in [4.69, 9.17) is 0 Å². The molecular weight excluding hydrogens is 234 g/mol. The van der Waals surface area contributed by atoms with Gasteiger partial charge in [0.15, 0.2) is 11.6 Å². The molecule has 0 aromatic heterocycles.